The molecule has 3 aromatic rings. The normalized spacial score (nSPS) is 13.4. The molecule has 1 amide bonds. The van der Waals surface area contributed by atoms with E-state index in [2.05, 4.69) is 16.0 Å². The van der Waals surface area contributed by atoms with Crippen molar-refractivity contribution in [2.75, 3.05) is 6.54 Å². The fraction of sp³-hybridized carbons (Fsp3) is 0.120. The first kappa shape index (κ1) is 19.8. The summed E-state index contributed by atoms with van der Waals surface area (Å²) in [5.41, 5.74) is 4.35. The second-order valence-electron chi connectivity index (χ2n) is 6.99. The number of halogens is 1. The van der Waals surface area contributed by atoms with Gasteiger partial charge in [0.15, 0.2) is 0 Å². The molecular formula is C25H20ClN3O. The fourth-order valence-electron chi connectivity index (χ4n) is 3.35. The van der Waals surface area contributed by atoms with Crippen molar-refractivity contribution in [3.8, 4) is 0 Å². The highest BCUT2D eigenvalue weighted by atomic mass is 35.5. The lowest BCUT2D eigenvalue weighted by Gasteiger charge is -2.27. The van der Waals surface area contributed by atoms with Crippen molar-refractivity contribution in [1.29, 1.82) is 0 Å². The number of hydrogen-bond acceptors (Lipinski definition) is 3. The molecule has 5 heteroatoms. The van der Waals surface area contributed by atoms with Crippen molar-refractivity contribution in [2.24, 2.45) is 9.98 Å². The van der Waals surface area contributed by atoms with Gasteiger partial charge in [-0.3, -0.25) is 4.79 Å². The van der Waals surface area contributed by atoms with Gasteiger partial charge < -0.3 is 4.90 Å². The number of hydrogen-bond donors (Lipinski definition) is 0. The Bertz CT molecular complexity index is 1130. The molecule has 0 bridgehead atoms. The van der Waals surface area contributed by atoms with E-state index in [0.717, 1.165) is 28.8 Å². The highest BCUT2D eigenvalue weighted by Gasteiger charge is 2.21. The van der Waals surface area contributed by atoms with Gasteiger partial charge in [-0.2, -0.15) is 9.98 Å². The molecular weight excluding hydrogens is 394 g/mol. The van der Waals surface area contributed by atoms with Gasteiger partial charge in [-0.25, -0.2) is 0 Å². The summed E-state index contributed by atoms with van der Waals surface area (Å²) in [6, 6.07) is 27.7. The average Bonchev–Trinajstić information content (AvgIpc) is 2.77. The van der Waals surface area contributed by atoms with Crippen LogP contribution in [0, 0.1) is 0 Å². The van der Waals surface area contributed by atoms with Crippen LogP contribution in [0.5, 0.6) is 0 Å². The van der Waals surface area contributed by atoms with Gasteiger partial charge in [0.2, 0.25) is 5.91 Å². The van der Waals surface area contributed by atoms with Crippen LogP contribution in [0.3, 0.4) is 0 Å². The van der Waals surface area contributed by atoms with E-state index in [-0.39, 0.29) is 5.91 Å². The number of amides is 1. The van der Waals surface area contributed by atoms with Gasteiger partial charge in [0.05, 0.1) is 11.4 Å². The maximum Gasteiger partial charge on any atom is 0.247 e. The smallest absolute Gasteiger partial charge is 0.247 e. The van der Waals surface area contributed by atoms with Crippen molar-refractivity contribution < 1.29 is 4.79 Å². The molecule has 0 saturated carbocycles. The highest BCUT2D eigenvalue weighted by molar-refractivity contribution is 6.30. The maximum absolute atomic E-state index is 12.7. The third kappa shape index (κ3) is 4.93. The van der Waals surface area contributed by atoms with Crippen LogP contribution in [-0.4, -0.2) is 23.4 Å². The first-order valence-electron chi connectivity index (χ1n) is 9.74. The SMILES string of the molecule is O=C1C=C(c2cc(Cl)ccc2N=C=Nc2ccccc2)CCN1Cc1ccccc1. The van der Waals surface area contributed by atoms with E-state index in [4.69, 9.17) is 11.6 Å². The van der Waals surface area contributed by atoms with Gasteiger partial charge in [-0.15, -0.1) is 0 Å². The molecule has 3 aromatic carbocycles. The van der Waals surface area contributed by atoms with E-state index in [9.17, 15) is 4.79 Å². The summed E-state index contributed by atoms with van der Waals surface area (Å²) >= 11 is 6.23. The van der Waals surface area contributed by atoms with Crippen molar-refractivity contribution >= 4 is 40.5 Å². The van der Waals surface area contributed by atoms with Crippen LogP contribution in [0.1, 0.15) is 17.5 Å². The largest absolute Gasteiger partial charge is 0.334 e. The number of carbonyl (C=O) groups excluding carboxylic acids is 1. The zero-order valence-corrected chi connectivity index (χ0v) is 17.1. The third-order valence-electron chi connectivity index (χ3n) is 4.89. The maximum atomic E-state index is 12.7. The summed E-state index contributed by atoms with van der Waals surface area (Å²) in [4.78, 5) is 23.2. The minimum Gasteiger partial charge on any atom is -0.334 e. The summed E-state index contributed by atoms with van der Waals surface area (Å²) in [7, 11) is 0. The molecule has 148 valence electrons. The molecule has 0 spiro atoms. The minimum atomic E-state index is -0.00652. The van der Waals surface area contributed by atoms with Crippen LogP contribution in [0.2, 0.25) is 5.02 Å². The predicted octanol–water partition coefficient (Wildman–Crippen LogP) is 6.29. The van der Waals surface area contributed by atoms with Gasteiger partial charge in [0.25, 0.3) is 0 Å². The van der Waals surface area contributed by atoms with Crippen molar-refractivity contribution in [2.45, 2.75) is 13.0 Å². The number of benzene rings is 3. The number of rotatable bonds is 5. The fourth-order valence-corrected chi connectivity index (χ4v) is 3.53. The Hall–Kier alpha value is -3.46. The van der Waals surface area contributed by atoms with Gasteiger partial charge in [0.1, 0.15) is 6.01 Å². The van der Waals surface area contributed by atoms with Gasteiger partial charge in [-0.05, 0) is 47.9 Å². The van der Waals surface area contributed by atoms with Crippen LogP contribution >= 0.6 is 11.6 Å². The molecule has 4 nitrogen and oxygen atoms in total. The van der Waals surface area contributed by atoms with Crippen LogP contribution in [0.25, 0.3) is 5.57 Å². The van der Waals surface area contributed by atoms with E-state index < -0.39 is 0 Å². The first-order chi connectivity index (χ1) is 14.7. The van der Waals surface area contributed by atoms with Gasteiger partial charge in [-0.1, -0.05) is 60.1 Å². The molecule has 1 aliphatic rings. The van der Waals surface area contributed by atoms with Crippen molar-refractivity contribution in [1.82, 2.24) is 4.90 Å². The molecule has 30 heavy (non-hydrogen) atoms. The lowest BCUT2D eigenvalue weighted by molar-refractivity contribution is -0.126. The summed E-state index contributed by atoms with van der Waals surface area (Å²) < 4.78 is 0. The first-order valence-corrected chi connectivity index (χ1v) is 10.1. The van der Waals surface area contributed by atoms with Gasteiger partial charge >= 0.3 is 0 Å². The number of nitrogens with zero attached hydrogens (tertiary/aromatic N) is 3. The standard InChI is InChI=1S/C25H20ClN3O/c26-21-11-12-24(28-18-27-22-9-5-2-6-10-22)23(16-21)20-13-14-29(25(30)15-20)17-19-7-3-1-4-8-19/h1-12,15-16H,13-14,17H2. The summed E-state index contributed by atoms with van der Waals surface area (Å²) in [6.45, 7) is 1.25. The van der Waals surface area contributed by atoms with E-state index >= 15 is 0 Å². The Morgan fingerprint density at radius 3 is 2.40 bits per heavy atom. The Kier molecular flexibility index (Phi) is 6.19. The van der Waals surface area contributed by atoms with Crippen LogP contribution < -0.4 is 0 Å². The van der Waals surface area contributed by atoms with Crippen LogP contribution in [-0.2, 0) is 11.3 Å². The lowest BCUT2D eigenvalue weighted by Crippen LogP contribution is -2.33. The number of carbonyl (C=O) groups is 1. The lowest BCUT2D eigenvalue weighted by atomic mass is 9.97. The van der Waals surface area contributed by atoms with Gasteiger partial charge in [0, 0.05) is 29.8 Å². The molecule has 1 aliphatic heterocycles. The summed E-state index contributed by atoms with van der Waals surface area (Å²) in [5.74, 6) is -0.00652. The molecule has 0 N–H and O–H groups in total. The van der Waals surface area contributed by atoms with E-state index in [0.29, 0.717) is 23.8 Å². The third-order valence-corrected chi connectivity index (χ3v) is 5.12. The molecule has 4 rings (SSSR count). The molecule has 0 unspecified atom stereocenters. The molecule has 0 aliphatic carbocycles. The minimum absolute atomic E-state index is 0.00652. The van der Waals surface area contributed by atoms with Crippen molar-refractivity contribution in [3.05, 3.63) is 101 Å². The Morgan fingerprint density at radius 1 is 0.933 bits per heavy atom. The second-order valence-corrected chi connectivity index (χ2v) is 7.42. The molecule has 0 aromatic heterocycles. The topological polar surface area (TPSA) is 45.0 Å². The summed E-state index contributed by atoms with van der Waals surface area (Å²) in [5, 5.41) is 0.601. The molecule has 0 radical (unpaired) electrons. The Morgan fingerprint density at radius 2 is 1.67 bits per heavy atom. The number of aliphatic imine (C=N–C) groups is 2. The molecule has 0 fully saturated rings. The summed E-state index contributed by atoms with van der Waals surface area (Å²) in [6.07, 6.45) is 2.42. The van der Waals surface area contributed by atoms with E-state index in [1.54, 1.807) is 12.1 Å². The molecule has 0 saturated heterocycles. The number of para-hydroxylation sites is 1. The van der Waals surface area contributed by atoms with E-state index in [1.165, 1.54) is 0 Å². The zero-order valence-electron chi connectivity index (χ0n) is 16.3. The quantitative estimate of drug-likeness (QED) is 0.453. The van der Waals surface area contributed by atoms with Crippen LogP contribution in [0.4, 0.5) is 11.4 Å². The highest BCUT2D eigenvalue weighted by Crippen LogP contribution is 2.33. The Balaban J connectivity index is 1.58. The zero-order chi connectivity index (χ0) is 20.8. The predicted molar refractivity (Wildman–Crippen MR) is 122 cm³/mol. The monoisotopic (exact) mass is 413 g/mol. The van der Waals surface area contributed by atoms with Crippen LogP contribution in [0.15, 0.2) is 94.9 Å². The molecule has 1 heterocycles. The Labute approximate surface area is 180 Å². The van der Waals surface area contributed by atoms with Crippen molar-refractivity contribution in [3.63, 3.8) is 0 Å². The van der Waals surface area contributed by atoms with E-state index in [1.807, 2.05) is 77.7 Å². The second kappa shape index (κ2) is 9.36. The average molecular weight is 414 g/mol. The molecule has 0 atom stereocenters.